The van der Waals surface area contributed by atoms with Crippen LogP contribution in [0.3, 0.4) is 0 Å². The Kier molecular flexibility index (Phi) is 6.16. The number of fused-ring (bicyclic) bond motifs is 5. The van der Waals surface area contributed by atoms with Gasteiger partial charge in [-0.05, 0) is 68.6 Å². The number of hydrogen-bond acceptors (Lipinski definition) is 5. The second-order valence-corrected chi connectivity index (χ2v) is 10.9. The number of nitrogens with zero attached hydrogens (tertiary/aromatic N) is 5. The number of para-hydroxylation sites is 1. The Balaban J connectivity index is 1.19. The van der Waals surface area contributed by atoms with Gasteiger partial charge in [-0.15, -0.1) is 0 Å². The van der Waals surface area contributed by atoms with Crippen molar-refractivity contribution in [2.24, 2.45) is 0 Å². The summed E-state index contributed by atoms with van der Waals surface area (Å²) in [7, 11) is 2.17. The first-order valence-electron chi connectivity index (χ1n) is 14.1. The van der Waals surface area contributed by atoms with E-state index in [9.17, 15) is 9.59 Å². The van der Waals surface area contributed by atoms with Crippen LogP contribution >= 0.6 is 0 Å². The van der Waals surface area contributed by atoms with Crippen LogP contribution in [-0.4, -0.2) is 49.7 Å². The predicted octanol–water partition coefficient (Wildman–Crippen LogP) is 5.78. The molecule has 7 heteroatoms. The molecule has 0 bridgehead atoms. The van der Waals surface area contributed by atoms with E-state index in [1.807, 2.05) is 18.5 Å². The maximum absolute atomic E-state index is 12.9. The van der Waals surface area contributed by atoms with Crippen LogP contribution in [0.5, 0.6) is 0 Å². The van der Waals surface area contributed by atoms with E-state index in [0.29, 0.717) is 37.2 Å². The molecule has 1 aliphatic carbocycles. The topological polar surface area (TPSA) is 71.3 Å². The SMILES string of the molecule is CN(Cc1nccc2c3ccccc3n(CCCN3C(=O)c4ccccc4C3=O)c12)[C@H]1CCCc2cccnc21. The molecule has 40 heavy (non-hydrogen) atoms. The first-order valence-corrected chi connectivity index (χ1v) is 14.1. The Bertz CT molecular complexity index is 1740. The summed E-state index contributed by atoms with van der Waals surface area (Å²) >= 11 is 0. The number of hydrogen-bond donors (Lipinski definition) is 0. The number of carbonyl (C=O) groups is 2. The normalized spacial score (nSPS) is 16.8. The highest BCUT2D eigenvalue weighted by Gasteiger charge is 2.34. The molecule has 0 N–H and O–H groups in total. The standard InChI is InChI=1S/C33H31N5O2/c1-36(29-15-6-9-22-10-7-17-35-30(22)29)21-27-31-24(16-18-34-27)23-11-4-5-14-28(23)37(31)19-8-20-38-32(39)25-12-2-3-13-26(25)33(38)40/h2-5,7,10-14,16-18,29H,6,8-9,15,19-21H2,1H3/t29-/m0/s1. The lowest BCUT2D eigenvalue weighted by atomic mass is 9.91. The average Bonchev–Trinajstić information content (AvgIpc) is 3.45. The van der Waals surface area contributed by atoms with Gasteiger partial charge in [0.2, 0.25) is 0 Å². The summed E-state index contributed by atoms with van der Waals surface area (Å²) < 4.78 is 2.33. The molecule has 0 saturated carbocycles. The van der Waals surface area contributed by atoms with Crippen molar-refractivity contribution in [3.05, 3.63) is 107 Å². The second-order valence-electron chi connectivity index (χ2n) is 10.9. The lowest BCUT2D eigenvalue weighted by molar-refractivity contribution is 0.0651. The van der Waals surface area contributed by atoms with E-state index in [1.165, 1.54) is 26.9 Å². The number of benzene rings is 2. The fourth-order valence-corrected chi connectivity index (χ4v) is 6.61. The summed E-state index contributed by atoms with van der Waals surface area (Å²) in [6.07, 6.45) is 7.79. The Morgan fingerprint density at radius 1 is 0.850 bits per heavy atom. The minimum absolute atomic E-state index is 0.201. The summed E-state index contributed by atoms with van der Waals surface area (Å²) in [6, 6.07) is 22.1. The van der Waals surface area contributed by atoms with Crippen LogP contribution in [0, 0.1) is 0 Å². The van der Waals surface area contributed by atoms with Crippen molar-refractivity contribution in [1.29, 1.82) is 0 Å². The molecule has 2 aromatic carbocycles. The molecule has 0 spiro atoms. The van der Waals surface area contributed by atoms with Gasteiger partial charge in [0.05, 0.1) is 34.1 Å². The van der Waals surface area contributed by atoms with Gasteiger partial charge < -0.3 is 4.57 Å². The highest BCUT2D eigenvalue weighted by molar-refractivity contribution is 6.21. The fourth-order valence-electron chi connectivity index (χ4n) is 6.61. The van der Waals surface area contributed by atoms with Crippen LogP contribution in [-0.2, 0) is 19.5 Å². The molecule has 1 atom stereocenters. The molecule has 4 heterocycles. The first-order chi connectivity index (χ1) is 19.6. The smallest absolute Gasteiger partial charge is 0.261 e. The summed E-state index contributed by atoms with van der Waals surface area (Å²) in [5.74, 6) is -0.402. The summed E-state index contributed by atoms with van der Waals surface area (Å²) in [6.45, 7) is 1.75. The number of aromatic nitrogens is 3. The number of imide groups is 1. The monoisotopic (exact) mass is 529 g/mol. The van der Waals surface area contributed by atoms with Gasteiger partial charge in [-0.3, -0.25) is 29.4 Å². The van der Waals surface area contributed by atoms with Gasteiger partial charge >= 0.3 is 0 Å². The van der Waals surface area contributed by atoms with E-state index in [2.05, 4.69) is 52.9 Å². The van der Waals surface area contributed by atoms with Crippen molar-refractivity contribution in [3.8, 4) is 0 Å². The van der Waals surface area contributed by atoms with E-state index in [-0.39, 0.29) is 17.9 Å². The van der Waals surface area contributed by atoms with Crippen molar-refractivity contribution in [3.63, 3.8) is 0 Å². The molecule has 0 fully saturated rings. The van der Waals surface area contributed by atoms with Crippen LogP contribution in [0.1, 0.15) is 63.0 Å². The Labute approximate surface area is 233 Å². The second kappa shape index (κ2) is 9.99. The van der Waals surface area contributed by atoms with Gasteiger partial charge in [0.15, 0.2) is 0 Å². The Morgan fingerprint density at radius 2 is 1.62 bits per heavy atom. The van der Waals surface area contributed by atoms with Crippen molar-refractivity contribution < 1.29 is 9.59 Å². The van der Waals surface area contributed by atoms with Crippen molar-refractivity contribution in [2.45, 2.75) is 44.8 Å². The van der Waals surface area contributed by atoms with Crippen molar-refractivity contribution >= 4 is 33.6 Å². The summed E-state index contributed by atoms with van der Waals surface area (Å²) in [4.78, 5) is 39.2. The third kappa shape index (κ3) is 4.00. The zero-order valence-corrected chi connectivity index (χ0v) is 22.6. The zero-order chi connectivity index (χ0) is 27.2. The molecule has 5 aromatic rings. The lowest BCUT2D eigenvalue weighted by Gasteiger charge is -2.32. The van der Waals surface area contributed by atoms with Gasteiger partial charge in [-0.1, -0.05) is 36.4 Å². The van der Waals surface area contributed by atoms with E-state index < -0.39 is 0 Å². The highest BCUT2D eigenvalue weighted by Crippen LogP contribution is 2.35. The molecule has 3 aromatic heterocycles. The minimum atomic E-state index is -0.201. The quantitative estimate of drug-likeness (QED) is 0.250. The van der Waals surface area contributed by atoms with E-state index in [4.69, 9.17) is 9.97 Å². The molecule has 0 saturated heterocycles. The summed E-state index contributed by atoms with van der Waals surface area (Å²) in [5, 5.41) is 2.37. The highest BCUT2D eigenvalue weighted by atomic mass is 16.2. The van der Waals surface area contributed by atoms with Gasteiger partial charge in [0.1, 0.15) is 0 Å². The van der Waals surface area contributed by atoms with E-state index in [1.54, 1.807) is 24.3 Å². The largest absolute Gasteiger partial charge is 0.339 e. The maximum atomic E-state index is 12.9. The van der Waals surface area contributed by atoms with Crippen molar-refractivity contribution in [1.82, 2.24) is 24.3 Å². The predicted molar refractivity (Wildman–Crippen MR) is 155 cm³/mol. The van der Waals surface area contributed by atoms with E-state index >= 15 is 0 Å². The first kappa shape index (κ1) is 24.7. The fraction of sp³-hybridized carbons (Fsp3) is 0.273. The van der Waals surface area contributed by atoms with Crippen molar-refractivity contribution in [2.75, 3.05) is 13.6 Å². The number of carbonyl (C=O) groups excluding carboxylic acids is 2. The molecule has 2 aliphatic rings. The third-order valence-electron chi connectivity index (χ3n) is 8.49. The van der Waals surface area contributed by atoms with Gasteiger partial charge in [-0.2, -0.15) is 0 Å². The number of pyridine rings is 2. The molecule has 7 nitrogen and oxygen atoms in total. The van der Waals surface area contributed by atoms with Crippen LogP contribution in [0.4, 0.5) is 0 Å². The Morgan fingerprint density at radius 3 is 2.45 bits per heavy atom. The number of rotatable bonds is 7. The Hall–Kier alpha value is -4.36. The van der Waals surface area contributed by atoms with E-state index in [0.717, 1.165) is 36.0 Å². The number of aryl methyl sites for hydroxylation is 2. The minimum Gasteiger partial charge on any atom is -0.339 e. The van der Waals surface area contributed by atoms with Crippen LogP contribution in [0.2, 0.25) is 0 Å². The zero-order valence-electron chi connectivity index (χ0n) is 22.6. The molecule has 0 unspecified atom stereocenters. The number of amides is 2. The summed E-state index contributed by atoms with van der Waals surface area (Å²) in [5.41, 5.74) is 6.82. The molecule has 0 radical (unpaired) electrons. The molecule has 2 amide bonds. The lowest BCUT2D eigenvalue weighted by Crippen LogP contribution is -2.31. The molecule has 1 aliphatic heterocycles. The van der Waals surface area contributed by atoms with Gasteiger partial charge in [-0.25, -0.2) is 0 Å². The maximum Gasteiger partial charge on any atom is 0.261 e. The van der Waals surface area contributed by atoms with Gasteiger partial charge in [0.25, 0.3) is 11.8 Å². The molecule has 7 rings (SSSR count). The third-order valence-corrected chi connectivity index (χ3v) is 8.49. The molecular formula is C33H31N5O2. The van der Waals surface area contributed by atoms with Gasteiger partial charge in [0, 0.05) is 48.3 Å². The average molecular weight is 530 g/mol. The molecular weight excluding hydrogens is 498 g/mol. The van der Waals surface area contributed by atoms with Crippen LogP contribution < -0.4 is 0 Å². The molecule has 200 valence electrons. The van der Waals surface area contributed by atoms with Crippen LogP contribution in [0.25, 0.3) is 21.8 Å². The van der Waals surface area contributed by atoms with Crippen LogP contribution in [0.15, 0.2) is 79.1 Å².